The lowest BCUT2D eigenvalue weighted by molar-refractivity contribution is -0.116. The van der Waals surface area contributed by atoms with E-state index < -0.39 is 0 Å². The average molecular weight is 303 g/mol. The lowest BCUT2D eigenvalue weighted by Gasteiger charge is -2.09. The number of amides is 1. The van der Waals surface area contributed by atoms with E-state index in [4.69, 9.17) is 0 Å². The van der Waals surface area contributed by atoms with Crippen LogP contribution in [0.2, 0.25) is 0 Å². The molecule has 1 aromatic carbocycles. The first-order valence-electron chi connectivity index (χ1n) is 6.48. The molecule has 5 nitrogen and oxygen atoms in total. The molecule has 110 valence electrons. The minimum atomic E-state index is -0.251. The van der Waals surface area contributed by atoms with Gasteiger partial charge in [0, 0.05) is 21.8 Å². The van der Waals surface area contributed by atoms with Gasteiger partial charge in [0.25, 0.3) is 5.56 Å². The Morgan fingerprint density at radius 1 is 1.29 bits per heavy atom. The van der Waals surface area contributed by atoms with Crippen molar-refractivity contribution in [3.05, 3.63) is 52.2 Å². The number of benzene rings is 1. The monoisotopic (exact) mass is 303 g/mol. The summed E-state index contributed by atoms with van der Waals surface area (Å²) < 4.78 is 1.31. The Morgan fingerprint density at radius 2 is 1.95 bits per heavy atom. The second-order valence-electron chi connectivity index (χ2n) is 4.66. The maximum Gasteiger partial charge on any atom is 0.256 e. The van der Waals surface area contributed by atoms with Gasteiger partial charge in [0.1, 0.15) is 6.54 Å². The molecule has 21 heavy (non-hydrogen) atoms. The molecule has 0 aliphatic rings. The van der Waals surface area contributed by atoms with Gasteiger partial charge in [-0.2, -0.15) is 0 Å². The Labute approximate surface area is 127 Å². The quantitative estimate of drug-likeness (QED) is 0.880. The molecule has 2 aromatic rings. The third kappa shape index (κ3) is 3.72. The lowest BCUT2D eigenvalue weighted by Crippen LogP contribution is -2.29. The summed E-state index contributed by atoms with van der Waals surface area (Å²) in [5, 5.41) is 2.77. The minimum absolute atomic E-state index is 0.0444. The van der Waals surface area contributed by atoms with Crippen molar-refractivity contribution < 1.29 is 4.79 Å². The molecule has 0 bridgehead atoms. The molecule has 6 heteroatoms. The van der Waals surface area contributed by atoms with Crippen molar-refractivity contribution in [3.8, 4) is 0 Å². The van der Waals surface area contributed by atoms with Crippen molar-refractivity contribution in [3.63, 3.8) is 0 Å². The van der Waals surface area contributed by atoms with Crippen LogP contribution >= 0.6 is 11.8 Å². The van der Waals surface area contributed by atoms with Crippen molar-refractivity contribution in [2.24, 2.45) is 0 Å². The predicted molar refractivity (Wildman–Crippen MR) is 84.8 cm³/mol. The third-order valence-corrected chi connectivity index (χ3v) is 3.95. The zero-order valence-electron chi connectivity index (χ0n) is 12.2. The second-order valence-corrected chi connectivity index (χ2v) is 5.54. The average Bonchev–Trinajstić information content (AvgIpc) is 2.49. The molecule has 0 radical (unpaired) electrons. The van der Waals surface area contributed by atoms with Crippen LogP contribution in [-0.2, 0) is 11.3 Å². The number of anilines is 1. The molecular weight excluding hydrogens is 286 g/mol. The Bertz CT molecular complexity index is 708. The van der Waals surface area contributed by atoms with Crippen molar-refractivity contribution in [2.75, 3.05) is 11.6 Å². The number of aryl methyl sites for hydroxylation is 1. The molecule has 0 fully saturated rings. The Kier molecular flexibility index (Phi) is 4.80. The summed E-state index contributed by atoms with van der Waals surface area (Å²) in [6, 6.07) is 7.55. The van der Waals surface area contributed by atoms with E-state index in [1.807, 2.05) is 30.5 Å². The van der Waals surface area contributed by atoms with Crippen LogP contribution < -0.4 is 10.9 Å². The highest BCUT2D eigenvalue weighted by Gasteiger charge is 2.08. The largest absolute Gasteiger partial charge is 0.325 e. The number of nitrogens with one attached hydrogen (secondary N) is 1. The topological polar surface area (TPSA) is 64.0 Å². The normalized spacial score (nSPS) is 10.4. The maximum atomic E-state index is 12.0. The smallest absolute Gasteiger partial charge is 0.256 e. The van der Waals surface area contributed by atoms with Crippen LogP contribution in [0.1, 0.15) is 11.3 Å². The first-order valence-corrected chi connectivity index (χ1v) is 7.70. The van der Waals surface area contributed by atoms with Crippen LogP contribution in [0.4, 0.5) is 5.69 Å². The van der Waals surface area contributed by atoms with Gasteiger partial charge in [0.15, 0.2) is 0 Å². The van der Waals surface area contributed by atoms with Gasteiger partial charge >= 0.3 is 0 Å². The van der Waals surface area contributed by atoms with Gasteiger partial charge in [0.2, 0.25) is 5.91 Å². The van der Waals surface area contributed by atoms with Gasteiger partial charge in [0.05, 0.1) is 6.33 Å². The molecule has 1 amide bonds. The summed E-state index contributed by atoms with van der Waals surface area (Å²) in [5.74, 6) is -0.251. The molecule has 1 N–H and O–H groups in total. The van der Waals surface area contributed by atoms with Crippen molar-refractivity contribution in [2.45, 2.75) is 25.3 Å². The highest BCUT2D eigenvalue weighted by Crippen LogP contribution is 2.17. The number of nitrogens with zero attached hydrogens (tertiary/aromatic N) is 2. The first-order chi connectivity index (χ1) is 10.0. The van der Waals surface area contributed by atoms with Crippen LogP contribution in [-0.4, -0.2) is 21.7 Å². The van der Waals surface area contributed by atoms with Gasteiger partial charge in [-0.05, 0) is 44.4 Å². The molecule has 0 spiro atoms. The van der Waals surface area contributed by atoms with E-state index >= 15 is 0 Å². The number of hydrogen-bond acceptors (Lipinski definition) is 4. The van der Waals surface area contributed by atoms with Crippen LogP contribution in [0, 0.1) is 13.8 Å². The molecule has 1 heterocycles. The summed E-state index contributed by atoms with van der Waals surface area (Å²) in [4.78, 5) is 29.2. The number of rotatable bonds is 4. The number of carbonyl (C=O) groups is 1. The SMILES string of the molecule is CSc1ccc(NC(=O)Cn2cnc(C)c(C)c2=O)cc1. The van der Waals surface area contributed by atoms with E-state index in [-0.39, 0.29) is 18.0 Å². The maximum absolute atomic E-state index is 12.0. The number of thioether (sulfide) groups is 1. The Morgan fingerprint density at radius 3 is 2.57 bits per heavy atom. The fourth-order valence-corrected chi connectivity index (χ4v) is 2.23. The lowest BCUT2D eigenvalue weighted by atomic mass is 10.3. The fraction of sp³-hybridized carbons (Fsp3) is 0.267. The van der Waals surface area contributed by atoms with E-state index in [0.29, 0.717) is 16.9 Å². The molecule has 1 aromatic heterocycles. The number of aromatic nitrogens is 2. The summed E-state index contributed by atoms with van der Waals surface area (Å²) in [6.07, 6.45) is 3.40. The Hall–Kier alpha value is -2.08. The van der Waals surface area contributed by atoms with E-state index in [1.165, 1.54) is 10.9 Å². The molecule has 0 atom stereocenters. The zero-order chi connectivity index (χ0) is 15.4. The predicted octanol–water partition coefficient (Wildman–Crippen LogP) is 2.22. The van der Waals surface area contributed by atoms with Crippen LogP contribution in [0.5, 0.6) is 0 Å². The Balaban J connectivity index is 2.08. The standard InChI is InChI=1S/C15H17N3O2S/c1-10-11(2)16-9-18(15(10)20)8-14(19)17-12-4-6-13(21-3)7-5-12/h4-7,9H,8H2,1-3H3,(H,17,19). The van der Waals surface area contributed by atoms with Gasteiger partial charge in [-0.15, -0.1) is 11.8 Å². The van der Waals surface area contributed by atoms with E-state index in [9.17, 15) is 9.59 Å². The molecule has 0 saturated heterocycles. The van der Waals surface area contributed by atoms with Gasteiger partial charge < -0.3 is 5.32 Å². The molecular formula is C15H17N3O2S. The summed E-state index contributed by atoms with van der Waals surface area (Å²) in [6.45, 7) is 3.44. The molecule has 0 unspecified atom stereocenters. The van der Waals surface area contributed by atoms with Crippen LogP contribution in [0.25, 0.3) is 0 Å². The summed E-state index contributed by atoms with van der Waals surface area (Å²) in [5.41, 5.74) is 1.77. The molecule has 0 saturated carbocycles. The number of hydrogen-bond donors (Lipinski definition) is 1. The molecule has 2 rings (SSSR count). The summed E-state index contributed by atoms with van der Waals surface area (Å²) >= 11 is 1.64. The first kappa shape index (κ1) is 15.3. The molecule has 0 aliphatic carbocycles. The van der Waals surface area contributed by atoms with Crippen molar-refractivity contribution >= 4 is 23.4 Å². The van der Waals surface area contributed by atoms with E-state index in [0.717, 1.165) is 4.90 Å². The zero-order valence-corrected chi connectivity index (χ0v) is 13.0. The van der Waals surface area contributed by atoms with Crippen LogP contribution in [0.15, 0.2) is 40.3 Å². The van der Waals surface area contributed by atoms with E-state index in [1.54, 1.807) is 25.6 Å². The van der Waals surface area contributed by atoms with E-state index in [2.05, 4.69) is 10.3 Å². The number of carbonyl (C=O) groups excluding carboxylic acids is 1. The van der Waals surface area contributed by atoms with Gasteiger partial charge in [-0.3, -0.25) is 14.2 Å². The summed E-state index contributed by atoms with van der Waals surface area (Å²) in [7, 11) is 0. The fourth-order valence-electron chi connectivity index (χ4n) is 1.82. The molecule has 0 aliphatic heterocycles. The van der Waals surface area contributed by atoms with Crippen molar-refractivity contribution in [1.82, 2.24) is 9.55 Å². The van der Waals surface area contributed by atoms with Gasteiger partial charge in [-0.25, -0.2) is 4.98 Å². The van der Waals surface area contributed by atoms with Crippen molar-refractivity contribution in [1.29, 1.82) is 0 Å². The highest BCUT2D eigenvalue weighted by atomic mass is 32.2. The van der Waals surface area contributed by atoms with Crippen LogP contribution in [0.3, 0.4) is 0 Å². The highest BCUT2D eigenvalue weighted by molar-refractivity contribution is 7.98. The third-order valence-electron chi connectivity index (χ3n) is 3.20. The van der Waals surface area contributed by atoms with Gasteiger partial charge in [-0.1, -0.05) is 0 Å². The second kappa shape index (κ2) is 6.58. The minimum Gasteiger partial charge on any atom is -0.325 e.